The molecule has 256 valence electrons. The molecule has 0 aliphatic carbocycles. The molecule has 2 unspecified atom stereocenters. The number of rotatable bonds is 32. The fraction of sp³-hybridized carbons (Fsp3) is 0.949. The summed E-state index contributed by atoms with van der Waals surface area (Å²) in [5.41, 5.74) is -0.982. The van der Waals surface area contributed by atoms with Crippen molar-refractivity contribution in [2.24, 2.45) is 0 Å². The van der Waals surface area contributed by atoms with E-state index in [-0.39, 0.29) is 6.42 Å². The quantitative estimate of drug-likeness (QED) is 0.0433. The van der Waals surface area contributed by atoms with E-state index in [0.29, 0.717) is 0 Å². The number of ether oxygens (including phenoxy) is 2. The topological polar surface area (TPSA) is 52.6 Å². The van der Waals surface area contributed by atoms with Crippen molar-refractivity contribution in [3.63, 3.8) is 0 Å². The van der Waals surface area contributed by atoms with E-state index in [2.05, 4.69) is 41.5 Å². The third kappa shape index (κ3) is 25.9. The van der Waals surface area contributed by atoms with E-state index >= 15 is 0 Å². The maximum absolute atomic E-state index is 12.9. The van der Waals surface area contributed by atoms with Crippen LogP contribution in [-0.4, -0.2) is 23.1 Å². The smallest absolute Gasteiger partial charge is 0.317 e. The summed E-state index contributed by atoms with van der Waals surface area (Å²) in [6.45, 7) is 13.0. The highest BCUT2D eigenvalue weighted by Crippen LogP contribution is 2.29. The minimum absolute atomic E-state index is 0.278. The Bertz CT molecular complexity index is 593. The molecule has 0 spiro atoms. The summed E-state index contributed by atoms with van der Waals surface area (Å²) in [6, 6.07) is 0. The van der Waals surface area contributed by atoms with E-state index in [0.717, 1.165) is 64.2 Å². The molecular weight excluding hydrogens is 532 g/mol. The molecule has 0 aromatic carbocycles. The van der Waals surface area contributed by atoms with Crippen molar-refractivity contribution in [3.8, 4) is 0 Å². The molecule has 0 aliphatic rings. The molecule has 0 aromatic rings. The summed E-state index contributed by atoms with van der Waals surface area (Å²) in [5.74, 6) is -0.847. The molecule has 0 N–H and O–H groups in total. The van der Waals surface area contributed by atoms with Gasteiger partial charge in [0.2, 0.25) is 0 Å². The molecule has 4 nitrogen and oxygen atoms in total. The van der Waals surface area contributed by atoms with Crippen LogP contribution in [0.5, 0.6) is 0 Å². The second kappa shape index (κ2) is 28.4. The van der Waals surface area contributed by atoms with Gasteiger partial charge in [0.25, 0.3) is 0 Å². The molecule has 2 atom stereocenters. The summed E-state index contributed by atoms with van der Waals surface area (Å²) in [6.07, 6.45) is 33.3. The highest BCUT2D eigenvalue weighted by Gasteiger charge is 2.32. The molecule has 0 amide bonds. The Kier molecular flexibility index (Phi) is 27.7. The van der Waals surface area contributed by atoms with Crippen molar-refractivity contribution in [2.75, 3.05) is 0 Å². The van der Waals surface area contributed by atoms with Crippen LogP contribution in [0.3, 0.4) is 0 Å². The lowest BCUT2D eigenvalue weighted by Gasteiger charge is -2.31. The molecule has 0 radical (unpaired) electrons. The molecule has 4 heteroatoms. The Labute approximate surface area is 269 Å². The largest absolute Gasteiger partial charge is 0.459 e. The third-order valence-electron chi connectivity index (χ3n) is 9.25. The highest BCUT2D eigenvalue weighted by molar-refractivity contribution is 5.91. The van der Waals surface area contributed by atoms with Gasteiger partial charge in [0.1, 0.15) is 17.6 Å². The molecule has 0 aromatic heterocycles. The summed E-state index contributed by atoms with van der Waals surface area (Å²) < 4.78 is 12.0. The summed E-state index contributed by atoms with van der Waals surface area (Å²) in [7, 11) is 0. The summed E-state index contributed by atoms with van der Waals surface area (Å²) in [4.78, 5) is 25.9. The van der Waals surface area contributed by atoms with Gasteiger partial charge in [-0.1, -0.05) is 156 Å². The molecule has 0 aliphatic heterocycles. The monoisotopic (exact) mass is 609 g/mol. The van der Waals surface area contributed by atoms with Crippen LogP contribution in [-0.2, 0) is 19.1 Å². The number of unbranched alkanes of at least 4 members (excludes halogenated alkanes) is 20. The van der Waals surface area contributed by atoms with Crippen molar-refractivity contribution in [1.82, 2.24) is 0 Å². The predicted octanol–water partition coefficient (Wildman–Crippen LogP) is 13.0. The van der Waals surface area contributed by atoms with Crippen LogP contribution in [0.4, 0.5) is 0 Å². The summed E-state index contributed by atoms with van der Waals surface area (Å²) >= 11 is 0. The van der Waals surface area contributed by atoms with Crippen molar-refractivity contribution < 1.29 is 19.1 Å². The molecule has 0 bridgehead atoms. The standard InChI is InChI=1S/C39H76O4/c1-7-11-15-17-19-21-23-25-27-29-33-38(5,31-13-9-3)42-36(40)35-37(41)43-39(6,32-14-10-4)34-30-28-26-24-22-20-18-16-12-8-2/h7-35H2,1-6H3. The first-order valence-electron chi connectivity index (χ1n) is 19.2. The lowest BCUT2D eigenvalue weighted by atomic mass is 9.91. The number of hydrogen-bond acceptors (Lipinski definition) is 4. The van der Waals surface area contributed by atoms with Crippen LogP contribution in [0, 0.1) is 0 Å². The van der Waals surface area contributed by atoms with E-state index in [1.807, 2.05) is 0 Å². The average Bonchev–Trinajstić information content (AvgIpc) is 2.97. The van der Waals surface area contributed by atoms with Gasteiger partial charge in [-0.2, -0.15) is 0 Å². The first-order chi connectivity index (χ1) is 20.7. The van der Waals surface area contributed by atoms with Crippen molar-refractivity contribution in [1.29, 1.82) is 0 Å². The second-order valence-electron chi connectivity index (χ2n) is 14.1. The van der Waals surface area contributed by atoms with Gasteiger partial charge < -0.3 is 9.47 Å². The van der Waals surface area contributed by atoms with Gasteiger partial charge in [-0.3, -0.25) is 9.59 Å². The maximum atomic E-state index is 12.9. The zero-order chi connectivity index (χ0) is 32.1. The van der Waals surface area contributed by atoms with Gasteiger partial charge in [-0.05, 0) is 65.2 Å². The molecule has 43 heavy (non-hydrogen) atoms. The van der Waals surface area contributed by atoms with Gasteiger partial charge in [-0.15, -0.1) is 0 Å². The van der Waals surface area contributed by atoms with Crippen LogP contribution < -0.4 is 0 Å². The molecule has 0 saturated carbocycles. The van der Waals surface area contributed by atoms with Crippen LogP contribution in [0.1, 0.15) is 228 Å². The second-order valence-corrected chi connectivity index (χ2v) is 14.1. The number of esters is 2. The zero-order valence-electron chi connectivity index (χ0n) is 30.1. The number of hydrogen-bond donors (Lipinski definition) is 0. The predicted molar refractivity (Wildman–Crippen MR) is 186 cm³/mol. The maximum Gasteiger partial charge on any atom is 0.317 e. The summed E-state index contributed by atoms with van der Waals surface area (Å²) in [5, 5.41) is 0. The fourth-order valence-corrected chi connectivity index (χ4v) is 6.27. The Balaban J connectivity index is 4.55. The van der Waals surface area contributed by atoms with E-state index in [1.165, 1.54) is 116 Å². The van der Waals surface area contributed by atoms with Crippen LogP contribution in [0.15, 0.2) is 0 Å². The van der Waals surface area contributed by atoms with E-state index in [1.54, 1.807) is 0 Å². The highest BCUT2D eigenvalue weighted by atomic mass is 16.6. The fourth-order valence-electron chi connectivity index (χ4n) is 6.27. The van der Waals surface area contributed by atoms with Crippen LogP contribution in [0.25, 0.3) is 0 Å². The number of carbonyl (C=O) groups is 2. The molecular formula is C39H76O4. The lowest BCUT2D eigenvalue weighted by molar-refractivity contribution is -0.171. The van der Waals surface area contributed by atoms with Crippen LogP contribution in [0.2, 0.25) is 0 Å². The van der Waals surface area contributed by atoms with Crippen molar-refractivity contribution in [2.45, 2.75) is 239 Å². The number of carbonyl (C=O) groups excluding carboxylic acids is 2. The van der Waals surface area contributed by atoms with E-state index in [4.69, 9.17) is 9.47 Å². The van der Waals surface area contributed by atoms with Gasteiger partial charge in [0, 0.05) is 0 Å². The SMILES string of the molecule is CCCCCCCCCCCCC(C)(CCCC)OC(=O)CC(=O)OC(C)(CCCC)CCCCCCCCCCCC. The van der Waals surface area contributed by atoms with Gasteiger partial charge in [0.15, 0.2) is 0 Å². The van der Waals surface area contributed by atoms with Crippen LogP contribution >= 0.6 is 0 Å². The molecule has 0 heterocycles. The first-order valence-corrected chi connectivity index (χ1v) is 19.2. The minimum Gasteiger partial charge on any atom is -0.459 e. The Morgan fingerprint density at radius 3 is 0.884 bits per heavy atom. The van der Waals surface area contributed by atoms with Crippen molar-refractivity contribution in [3.05, 3.63) is 0 Å². The normalized spacial score (nSPS) is 14.3. The molecule has 0 saturated heterocycles. The van der Waals surface area contributed by atoms with Gasteiger partial charge >= 0.3 is 11.9 Å². The zero-order valence-corrected chi connectivity index (χ0v) is 30.1. The first kappa shape index (κ1) is 41.9. The Morgan fingerprint density at radius 1 is 0.372 bits per heavy atom. The Morgan fingerprint density at radius 2 is 0.605 bits per heavy atom. The average molecular weight is 609 g/mol. The lowest BCUT2D eigenvalue weighted by Crippen LogP contribution is -2.35. The van der Waals surface area contributed by atoms with Crippen molar-refractivity contribution >= 4 is 11.9 Å². The molecule has 0 fully saturated rings. The Hall–Kier alpha value is -1.06. The van der Waals surface area contributed by atoms with Gasteiger partial charge in [0.05, 0.1) is 0 Å². The third-order valence-corrected chi connectivity index (χ3v) is 9.25. The van der Waals surface area contributed by atoms with Gasteiger partial charge in [-0.25, -0.2) is 0 Å². The minimum atomic E-state index is -0.491. The molecule has 0 rings (SSSR count). The van der Waals surface area contributed by atoms with E-state index < -0.39 is 23.1 Å². The van der Waals surface area contributed by atoms with E-state index in [9.17, 15) is 9.59 Å².